The second kappa shape index (κ2) is 6.35. The summed E-state index contributed by atoms with van der Waals surface area (Å²) in [6, 6.07) is 9.26. The highest BCUT2D eigenvalue weighted by molar-refractivity contribution is 6.08. The van der Waals surface area contributed by atoms with Gasteiger partial charge in [0.25, 0.3) is 0 Å². The van der Waals surface area contributed by atoms with Crippen molar-refractivity contribution < 1.29 is 20.1 Å². The van der Waals surface area contributed by atoms with Gasteiger partial charge in [0, 0.05) is 0 Å². The lowest BCUT2D eigenvalue weighted by atomic mass is 9.98. The Morgan fingerprint density at radius 3 is 2.27 bits per heavy atom. The van der Waals surface area contributed by atoms with Crippen molar-refractivity contribution in [1.29, 1.82) is 0 Å². The first kappa shape index (κ1) is 15.6. The molecule has 2 aromatic carbocycles. The molecule has 0 radical (unpaired) electrons. The molecule has 0 spiro atoms. The summed E-state index contributed by atoms with van der Waals surface area (Å²) in [5.74, 6) is -0.602. The number of carbonyl (C=O) groups is 1. The Balaban J connectivity index is 2.26. The minimum Gasteiger partial charge on any atom is -0.507 e. The molecule has 0 saturated heterocycles. The fraction of sp³-hybridized carbons (Fsp3) is 0.167. The lowest BCUT2D eigenvalue weighted by Gasteiger charge is -2.08. The molecule has 0 aliphatic carbocycles. The summed E-state index contributed by atoms with van der Waals surface area (Å²) in [7, 11) is 0. The first-order valence-electron chi connectivity index (χ1n) is 6.96. The lowest BCUT2D eigenvalue weighted by molar-refractivity contribution is 0.104. The molecule has 0 unspecified atom stereocenters. The maximum Gasteiger partial charge on any atom is 0.189 e. The number of phenolic OH excluding ortho intramolecular Hbond substituents is 3. The first-order chi connectivity index (χ1) is 10.4. The Morgan fingerprint density at radius 2 is 1.64 bits per heavy atom. The van der Waals surface area contributed by atoms with Gasteiger partial charge in [-0.05, 0) is 47.4 Å². The fourth-order valence-corrected chi connectivity index (χ4v) is 2.02. The highest BCUT2D eigenvalue weighted by atomic mass is 16.3. The molecular weight excluding hydrogens is 280 g/mol. The highest BCUT2D eigenvalue weighted by Gasteiger charge is 2.11. The average Bonchev–Trinajstić information content (AvgIpc) is 2.48. The fourth-order valence-electron chi connectivity index (χ4n) is 2.02. The number of hydrogen-bond donors (Lipinski definition) is 3. The van der Waals surface area contributed by atoms with Crippen LogP contribution in [0.1, 0.15) is 41.3 Å². The molecule has 0 heterocycles. The van der Waals surface area contributed by atoms with Crippen LogP contribution in [0.3, 0.4) is 0 Å². The average molecular weight is 298 g/mol. The van der Waals surface area contributed by atoms with E-state index in [1.807, 2.05) is 13.8 Å². The van der Waals surface area contributed by atoms with Crippen LogP contribution in [-0.2, 0) is 0 Å². The standard InChI is InChI=1S/C18H18O4/c1-11(2)13-5-8-16(20)14(10-13)15(19)6-3-12-4-7-17(21)18(22)9-12/h3-11,20-22H,1-2H3/b6-3+. The number of ketones is 1. The van der Waals surface area contributed by atoms with E-state index in [9.17, 15) is 20.1 Å². The van der Waals surface area contributed by atoms with Crippen molar-refractivity contribution in [3.05, 3.63) is 59.2 Å². The normalized spacial score (nSPS) is 11.2. The summed E-state index contributed by atoms with van der Waals surface area (Å²) in [6.45, 7) is 4.02. The van der Waals surface area contributed by atoms with E-state index in [-0.39, 0.29) is 34.5 Å². The molecule has 4 nitrogen and oxygen atoms in total. The van der Waals surface area contributed by atoms with Gasteiger partial charge < -0.3 is 15.3 Å². The number of benzene rings is 2. The predicted octanol–water partition coefficient (Wildman–Crippen LogP) is 3.82. The number of phenols is 3. The molecular formula is C18H18O4. The van der Waals surface area contributed by atoms with Crippen LogP contribution >= 0.6 is 0 Å². The summed E-state index contributed by atoms with van der Waals surface area (Å²) in [4.78, 5) is 12.2. The lowest BCUT2D eigenvalue weighted by Crippen LogP contribution is -1.98. The van der Waals surface area contributed by atoms with Crippen LogP contribution in [0.2, 0.25) is 0 Å². The van der Waals surface area contributed by atoms with Crippen molar-refractivity contribution in [1.82, 2.24) is 0 Å². The SMILES string of the molecule is CC(C)c1ccc(O)c(C(=O)/C=C/c2ccc(O)c(O)c2)c1. The first-order valence-corrected chi connectivity index (χ1v) is 6.96. The van der Waals surface area contributed by atoms with Crippen molar-refractivity contribution >= 4 is 11.9 Å². The third-order valence-corrected chi connectivity index (χ3v) is 3.38. The monoisotopic (exact) mass is 298 g/mol. The Hall–Kier alpha value is -2.75. The molecule has 0 aromatic heterocycles. The Kier molecular flexibility index (Phi) is 4.51. The van der Waals surface area contributed by atoms with Gasteiger partial charge in [-0.2, -0.15) is 0 Å². The van der Waals surface area contributed by atoms with E-state index in [2.05, 4.69) is 0 Å². The second-order valence-electron chi connectivity index (χ2n) is 5.38. The molecule has 2 rings (SSSR count). The van der Waals surface area contributed by atoms with E-state index in [4.69, 9.17) is 0 Å². The molecule has 114 valence electrons. The van der Waals surface area contributed by atoms with Gasteiger partial charge >= 0.3 is 0 Å². The molecule has 0 saturated carbocycles. The number of carbonyl (C=O) groups excluding carboxylic acids is 1. The van der Waals surface area contributed by atoms with Crippen LogP contribution in [0.15, 0.2) is 42.5 Å². The van der Waals surface area contributed by atoms with Gasteiger partial charge in [0.05, 0.1) is 5.56 Å². The summed E-state index contributed by atoms with van der Waals surface area (Å²) in [5.41, 5.74) is 1.78. The second-order valence-corrected chi connectivity index (χ2v) is 5.38. The summed E-state index contributed by atoms with van der Waals surface area (Å²) in [6.07, 6.45) is 2.84. The molecule has 3 N–H and O–H groups in total. The van der Waals surface area contributed by atoms with Gasteiger partial charge in [0.2, 0.25) is 0 Å². The highest BCUT2D eigenvalue weighted by Crippen LogP contribution is 2.26. The van der Waals surface area contributed by atoms with Crippen molar-refractivity contribution in [2.24, 2.45) is 0 Å². The Morgan fingerprint density at radius 1 is 0.955 bits per heavy atom. The van der Waals surface area contributed by atoms with Crippen LogP contribution in [-0.4, -0.2) is 21.1 Å². The van der Waals surface area contributed by atoms with E-state index >= 15 is 0 Å². The number of hydrogen-bond acceptors (Lipinski definition) is 4. The van der Waals surface area contributed by atoms with E-state index in [1.54, 1.807) is 18.2 Å². The summed E-state index contributed by atoms with van der Waals surface area (Å²) >= 11 is 0. The zero-order chi connectivity index (χ0) is 16.3. The van der Waals surface area contributed by atoms with Gasteiger partial charge in [-0.3, -0.25) is 4.79 Å². The molecule has 0 amide bonds. The van der Waals surface area contributed by atoms with Gasteiger partial charge in [0.15, 0.2) is 17.3 Å². The van der Waals surface area contributed by atoms with Gasteiger partial charge in [-0.1, -0.05) is 32.1 Å². The van der Waals surface area contributed by atoms with Gasteiger partial charge in [-0.15, -0.1) is 0 Å². The van der Waals surface area contributed by atoms with Crippen molar-refractivity contribution in [2.45, 2.75) is 19.8 Å². The van der Waals surface area contributed by atoms with E-state index < -0.39 is 0 Å². The number of allylic oxidation sites excluding steroid dienone is 1. The molecule has 0 aliphatic rings. The van der Waals surface area contributed by atoms with Gasteiger partial charge in [-0.25, -0.2) is 0 Å². The summed E-state index contributed by atoms with van der Waals surface area (Å²) in [5, 5.41) is 28.5. The number of aromatic hydroxyl groups is 3. The van der Waals surface area contributed by atoms with Crippen LogP contribution in [0.4, 0.5) is 0 Å². The zero-order valence-electron chi connectivity index (χ0n) is 12.4. The molecule has 2 aromatic rings. The van der Waals surface area contributed by atoms with Crippen molar-refractivity contribution in [2.75, 3.05) is 0 Å². The van der Waals surface area contributed by atoms with E-state index in [1.165, 1.54) is 30.4 Å². The minimum absolute atomic E-state index is 0.0624. The van der Waals surface area contributed by atoms with Gasteiger partial charge in [0.1, 0.15) is 5.75 Å². The smallest absolute Gasteiger partial charge is 0.189 e. The molecule has 0 atom stereocenters. The zero-order valence-corrected chi connectivity index (χ0v) is 12.4. The molecule has 0 fully saturated rings. The van der Waals surface area contributed by atoms with Crippen molar-refractivity contribution in [3.8, 4) is 17.2 Å². The Labute approximate surface area is 129 Å². The third-order valence-electron chi connectivity index (χ3n) is 3.38. The quantitative estimate of drug-likeness (QED) is 0.455. The number of rotatable bonds is 4. The largest absolute Gasteiger partial charge is 0.507 e. The topological polar surface area (TPSA) is 77.8 Å². The summed E-state index contributed by atoms with van der Waals surface area (Å²) < 4.78 is 0. The van der Waals surface area contributed by atoms with Crippen LogP contribution in [0.5, 0.6) is 17.2 Å². The maximum atomic E-state index is 12.2. The van der Waals surface area contributed by atoms with E-state index in [0.29, 0.717) is 5.56 Å². The molecule has 4 heteroatoms. The minimum atomic E-state index is -0.326. The molecule has 22 heavy (non-hydrogen) atoms. The van der Waals surface area contributed by atoms with E-state index in [0.717, 1.165) is 5.56 Å². The predicted molar refractivity (Wildman–Crippen MR) is 85.3 cm³/mol. The Bertz CT molecular complexity index is 730. The van der Waals surface area contributed by atoms with Crippen LogP contribution in [0.25, 0.3) is 6.08 Å². The third kappa shape index (κ3) is 3.47. The molecule has 0 bridgehead atoms. The maximum absolute atomic E-state index is 12.2. The van der Waals surface area contributed by atoms with Crippen LogP contribution < -0.4 is 0 Å². The van der Waals surface area contributed by atoms with Crippen molar-refractivity contribution in [3.63, 3.8) is 0 Å². The molecule has 0 aliphatic heterocycles. The van der Waals surface area contributed by atoms with Crippen LogP contribution in [0, 0.1) is 0 Å².